The van der Waals surface area contributed by atoms with Gasteiger partial charge in [0.15, 0.2) is 11.7 Å². The lowest BCUT2D eigenvalue weighted by Crippen LogP contribution is -2.51. The Hall–Kier alpha value is -2.15. The van der Waals surface area contributed by atoms with Gasteiger partial charge in [-0.25, -0.2) is 0 Å². The van der Waals surface area contributed by atoms with Gasteiger partial charge >= 0.3 is 0 Å². The first-order valence-electron chi connectivity index (χ1n) is 7.72. The summed E-state index contributed by atoms with van der Waals surface area (Å²) in [4.78, 5) is 23.4. The molecule has 0 fully saturated rings. The maximum atomic E-state index is 11.7. The summed E-state index contributed by atoms with van der Waals surface area (Å²) in [6.45, 7) is 9.35. The highest BCUT2D eigenvalue weighted by Crippen LogP contribution is 2.18. The number of hydrogen-bond donors (Lipinski definition) is 3. The van der Waals surface area contributed by atoms with E-state index in [1.807, 2.05) is 24.3 Å². The van der Waals surface area contributed by atoms with E-state index < -0.39 is 11.3 Å². The second kappa shape index (κ2) is 8.63. The summed E-state index contributed by atoms with van der Waals surface area (Å²) >= 11 is 4.94. The van der Waals surface area contributed by atoms with Crippen LogP contribution >= 0.6 is 12.2 Å². The van der Waals surface area contributed by atoms with Crippen molar-refractivity contribution in [1.82, 2.24) is 16.2 Å². The molecule has 0 unspecified atom stereocenters. The second-order valence-corrected chi connectivity index (χ2v) is 7.13. The molecule has 0 saturated carbocycles. The van der Waals surface area contributed by atoms with Crippen molar-refractivity contribution in [1.29, 1.82) is 0 Å². The van der Waals surface area contributed by atoms with E-state index in [9.17, 15) is 9.59 Å². The van der Waals surface area contributed by atoms with Crippen LogP contribution in [0.3, 0.4) is 0 Å². The molecule has 0 aromatic heterocycles. The molecule has 2 amide bonds. The second-order valence-electron chi connectivity index (χ2n) is 6.72. The maximum absolute atomic E-state index is 11.7. The highest BCUT2D eigenvalue weighted by Gasteiger charge is 2.22. The first-order valence-corrected chi connectivity index (χ1v) is 8.13. The Morgan fingerprint density at radius 2 is 1.71 bits per heavy atom. The molecule has 0 radical (unpaired) electrons. The quantitative estimate of drug-likeness (QED) is 0.573. The fourth-order valence-electron chi connectivity index (χ4n) is 1.58. The van der Waals surface area contributed by atoms with Gasteiger partial charge in [0, 0.05) is 5.41 Å². The minimum absolute atomic E-state index is 0.0320. The van der Waals surface area contributed by atoms with Crippen LogP contribution in [0.4, 0.5) is 0 Å². The first kappa shape index (κ1) is 19.9. The standard InChI is InChI=1S/C17H25N3O3S/c1-11(2)12-6-8-13(9-7-12)23-10-14(21)19-20-16(24)18-15(22)17(3,4)5/h6-9,11H,10H2,1-5H3,(H,19,21)(H2,18,20,22,24). The summed E-state index contributed by atoms with van der Waals surface area (Å²) in [5.41, 5.74) is 5.47. The predicted octanol–water partition coefficient (Wildman–Crippen LogP) is 2.26. The number of carbonyl (C=O) groups is 2. The first-order chi connectivity index (χ1) is 11.1. The van der Waals surface area contributed by atoms with Crippen molar-refractivity contribution in [2.45, 2.75) is 40.5 Å². The lowest BCUT2D eigenvalue weighted by atomic mass is 9.96. The molecule has 0 heterocycles. The van der Waals surface area contributed by atoms with Gasteiger partial charge in [-0.1, -0.05) is 46.8 Å². The lowest BCUT2D eigenvalue weighted by Gasteiger charge is -2.18. The van der Waals surface area contributed by atoms with E-state index in [0.717, 1.165) is 0 Å². The Kier molecular flexibility index (Phi) is 7.16. The molecule has 0 bridgehead atoms. The Morgan fingerprint density at radius 1 is 1.12 bits per heavy atom. The van der Waals surface area contributed by atoms with Gasteiger partial charge in [0.05, 0.1) is 0 Å². The molecular weight excluding hydrogens is 326 g/mol. The molecule has 0 aliphatic rings. The number of nitrogens with one attached hydrogen (secondary N) is 3. The number of ether oxygens (including phenoxy) is 1. The number of carbonyl (C=O) groups excluding carboxylic acids is 2. The van der Waals surface area contributed by atoms with Crippen LogP contribution in [-0.4, -0.2) is 23.5 Å². The molecule has 24 heavy (non-hydrogen) atoms. The number of rotatable bonds is 4. The summed E-state index contributed by atoms with van der Waals surface area (Å²) in [7, 11) is 0. The average molecular weight is 351 g/mol. The Balaban J connectivity index is 2.34. The molecule has 0 aliphatic carbocycles. The lowest BCUT2D eigenvalue weighted by molar-refractivity contribution is -0.127. The average Bonchev–Trinajstić information content (AvgIpc) is 2.50. The van der Waals surface area contributed by atoms with Crippen molar-refractivity contribution in [2.24, 2.45) is 5.41 Å². The summed E-state index contributed by atoms with van der Waals surface area (Å²) in [6, 6.07) is 7.58. The number of hydrogen-bond acceptors (Lipinski definition) is 4. The monoisotopic (exact) mass is 351 g/mol. The molecular formula is C17H25N3O3S. The summed E-state index contributed by atoms with van der Waals surface area (Å²) in [6.07, 6.45) is 0. The van der Waals surface area contributed by atoms with E-state index in [1.54, 1.807) is 20.8 Å². The third-order valence-electron chi connectivity index (χ3n) is 3.14. The minimum Gasteiger partial charge on any atom is -0.484 e. The van der Waals surface area contributed by atoms with E-state index in [1.165, 1.54) is 5.56 Å². The summed E-state index contributed by atoms with van der Waals surface area (Å²) < 4.78 is 5.39. The van der Waals surface area contributed by atoms with Crippen LogP contribution in [0.2, 0.25) is 0 Å². The zero-order valence-electron chi connectivity index (χ0n) is 14.7. The van der Waals surface area contributed by atoms with Crippen LogP contribution in [-0.2, 0) is 9.59 Å². The molecule has 0 atom stereocenters. The van der Waals surface area contributed by atoms with Gasteiger partial charge in [-0.3, -0.25) is 20.4 Å². The van der Waals surface area contributed by atoms with Gasteiger partial charge in [0.25, 0.3) is 5.91 Å². The van der Waals surface area contributed by atoms with Crippen molar-refractivity contribution < 1.29 is 14.3 Å². The minimum atomic E-state index is -0.568. The molecule has 7 heteroatoms. The van der Waals surface area contributed by atoms with Crippen molar-refractivity contribution in [2.75, 3.05) is 6.61 Å². The third kappa shape index (κ3) is 6.95. The van der Waals surface area contributed by atoms with E-state index in [4.69, 9.17) is 17.0 Å². The Bertz CT molecular complexity index is 592. The fourth-order valence-corrected chi connectivity index (χ4v) is 1.73. The number of hydrazine groups is 1. The molecule has 3 N–H and O–H groups in total. The Labute approximate surface area is 148 Å². The maximum Gasteiger partial charge on any atom is 0.276 e. The topological polar surface area (TPSA) is 79.5 Å². The largest absolute Gasteiger partial charge is 0.484 e. The number of amides is 2. The summed E-state index contributed by atoms with van der Waals surface area (Å²) in [5, 5.41) is 2.52. The molecule has 1 aromatic rings. The van der Waals surface area contributed by atoms with Gasteiger partial charge in [-0.2, -0.15) is 0 Å². The Morgan fingerprint density at radius 3 is 2.21 bits per heavy atom. The van der Waals surface area contributed by atoms with Crippen LogP contribution in [0, 0.1) is 5.41 Å². The smallest absolute Gasteiger partial charge is 0.276 e. The van der Waals surface area contributed by atoms with Gasteiger partial charge in [-0.05, 0) is 35.8 Å². The van der Waals surface area contributed by atoms with Gasteiger partial charge in [0.2, 0.25) is 5.91 Å². The van der Waals surface area contributed by atoms with Crippen LogP contribution in [0.5, 0.6) is 5.75 Å². The number of benzene rings is 1. The van der Waals surface area contributed by atoms with Crippen molar-refractivity contribution in [3.63, 3.8) is 0 Å². The van der Waals surface area contributed by atoms with Gasteiger partial charge in [-0.15, -0.1) is 0 Å². The summed E-state index contributed by atoms with van der Waals surface area (Å²) in [5.74, 6) is 0.403. The molecule has 1 aromatic carbocycles. The van der Waals surface area contributed by atoms with E-state index in [0.29, 0.717) is 11.7 Å². The third-order valence-corrected chi connectivity index (χ3v) is 3.34. The number of thiocarbonyl (C=S) groups is 1. The molecule has 0 saturated heterocycles. The van der Waals surface area contributed by atoms with Crippen LogP contribution in [0.15, 0.2) is 24.3 Å². The molecule has 132 valence electrons. The molecule has 0 spiro atoms. The highest BCUT2D eigenvalue weighted by atomic mass is 32.1. The molecule has 6 nitrogen and oxygen atoms in total. The van der Waals surface area contributed by atoms with Gasteiger partial charge in [0.1, 0.15) is 5.75 Å². The van der Waals surface area contributed by atoms with Crippen LogP contribution < -0.4 is 20.9 Å². The zero-order valence-corrected chi connectivity index (χ0v) is 15.5. The molecule has 1 rings (SSSR count). The van der Waals surface area contributed by atoms with Crippen LogP contribution in [0.1, 0.15) is 46.1 Å². The van der Waals surface area contributed by atoms with Crippen molar-refractivity contribution in [3.05, 3.63) is 29.8 Å². The van der Waals surface area contributed by atoms with Gasteiger partial charge < -0.3 is 10.1 Å². The van der Waals surface area contributed by atoms with Crippen molar-refractivity contribution >= 4 is 29.1 Å². The van der Waals surface area contributed by atoms with Crippen molar-refractivity contribution in [3.8, 4) is 5.75 Å². The predicted molar refractivity (Wildman–Crippen MR) is 97.5 cm³/mol. The normalized spacial score (nSPS) is 10.9. The van der Waals surface area contributed by atoms with Crippen LogP contribution in [0.25, 0.3) is 0 Å². The van der Waals surface area contributed by atoms with E-state index in [2.05, 4.69) is 30.0 Å². The molecule has 0 aliphatic heterocycles. The SMILES string of the molecule is CC(C)c1ccc(OCC(=O)NNC(=S)NC(=O)C(C)(C)C)cc1. The zero-order chi connectivity index (χ0) is 18.3. The fraction of sp³-hybridized carbons (Fsp3) is 0.471. The van der Waals surface area contributed by atoms with E-state index in [-0.39, 0.29) is 17.6 Å². The highest BCUT2D eigenvalue weighted by molar-refractivity contribution is 7.80. The van der Waals surface area contributed by atoms with E-state index >= 15 is 0 Å².